The predicted molar refractivity (Wildman–Crippen MR) is 186 cm³/mol. The number of carbonyl (C=O) groups excluding carboxylic acids is 1. The molecular formula is C35H41ClN2O9S. The molecule has 3 aromatic rings. The highest BCUT2D eigenvalue weighted by Crippen LogP contribution is 2.49. The highest BCUT2D eigenvalue weighted by atomic mass is 35.5. The number of carboxylic acid groups (broad SMARTS) is 2. The van der Waals surface area contributed by atoms with Crippen molar-refractivity contribution in [3.63, 3.8) is 0 Å². The number of halogens is 1. The summed E-state index contributed by atoms with van der Waals surface area (Å²) < 4.78 is 22.4. The first kappa shape index (κ1) is 38.1. The van der Waals surface area contributed by atoms with Crippen molar-refractivity contribution in [2.24, 2.45) is 0 Å². The van der Waals surface area contributed by atoms with Crippen molar-refractivity contribution in [3.8, 4) is 23.0 Å². The summed E-state index contributed by atoms with van der Waals surface area (Å²) in [7, 11) is 8.86. The molecule has 1 aliphatic rings. The number of anilines is 1. The maximum Gasteiger partial charge on any atom is 0.328 e. The van der Waals surface area contributed by atoms with Crippen molar-refractivity contribution < 1.29 is 43.5 Å². The Labute approximate surface area is 290 Å². The fourth-order valence-corrected chi connectivity index (χ4v) is 6.38. The van der Waals surface area contributed by atoms with Crippen LogP contribution in [0.15, 0.2) is 71.6 Å². The monoisotopic (exact) mass is 700 g/mol. The number of nitrogens with zero attached hydrogens (tertiary/aromatic N) is 2. The van der Waals surface area contributed by atoms with Gasteiger partial charge in [-0.2, -0.15) is 0 Å². The fourth-order valence-electron chi connectivity index (χ4n) is 4.79. The Balaban J connectivity index is 0.000000694. The molecule has 2 N–H and O–H groups in total. The lowest BCUT2D eigenvalue weighted by molar-refractivity contribution is -0.134. The first-order chi connectivity index (χ1) is 23.0. The number of rotatable bonds is 15. The standard InChI is InChI=1S/C31H37ClN2O5S.C4H4O4/c1-33(16-14-21-8-12-27(37-4)28(18-21)38-5)15-6-7-17-39-26-13-10-23(36-3)20-24(26)30-31(35)34(2)25-11-9-22(32)19-29(25)40-30;5-3(6)1-2-4(7)8/h8-13,18-20,30H,6-7,14-17H2,1-5H3;1-2H,(H,5,6)(H,7,8). The topological polar surface area (TPSA) is 135 Å². The van der Waals surface area contributed by atoms with Crippen molar-refractivity contribution >= 4 is 46.9 Å². The van der Waals surface area contributed by atoms with Crippen LogP contribution in [0.1, 0.15) is 29.2 Å². The molecule has 0 spiro atoms. The summed E-state index contributed by atoms with van der Waals surface area (Å²) in [5.41, 5.74) is 2.88. The van der Waals surface area contributed by atoms with Gasteiger partial charge in [0.15, 0.2) is 11.5 Å². The van der Waals surface area contributed by atoms with Crippen LogP contribution in [-0.4, -0.2) is 88.1 Å². The number of hydrogen-bond donors (Lipinski definition) is 2. The number of thioether (sulfide) groups is 1. The summed E-state index contributed by atoms with van der Waals surface area (Å²) in [5.74, 6) is 0.366. The van der Waals surface area contributed by atoms with Gasteiger partial charge in [-0.15, -0.1) is 11.8 Å². The number of benzene rings is 3. The molecule has 0 radical (unpaired) electrons. The second-order valence-corrected chi connectivity index (χ2v) is 12.3. The minimum Gasteiger partial charge on any atom is -0.497 e. The van der Waals surface area contributed by atoms with E-state index >= 15 is 0 Å². The molecule has 0 saturated heterocycles. The number of unbranched alkanes of at least 4 members (excludes halogenated alkanes) is 1. The van der Waals surface area contributed by atoms with Crippen LogP contribution in [0.4, 0.5) is 5.69 Å². The van der Waals surface area contributed by atoms with Gasteiger partial charge in [-0.3, -0.25) is 4.79 Å². The largest absolute Gasteiger partial charge is 0.497 e. The smallest absolute Gasteiger partial charge is 0.328 e. The number of carboxylic acids is 2. The zero-order valence-electron chi connectivity index (χ0n) is 27.6. The molecule has 4 rings (SSSR count). The second kappa shape index (κ2) is 18.8. The number of likely N-dealkylation sites (N-methyl/N-ethyl adjacent to an activating group) is 2. The number of carbonyl (C=O) groups is 3. The highest BCUT2D eigenvalue weighted by molar-refractivity contribution is 8.00. The lowest BCUT2D eigenvalue weighted by atomic mass is 10.1. The molecule has 0 aliphatic carbocycles. The maximum absolute atomic E-state index is 13.4. The quantitative estimate of drug-likeness (QED) is 0.138. The molecule has 0 aromatic heterocycles. The van der Waals surface area contributed by atoms with Gasteiger partial charge in [-0.25, -0.2) is 9.59 Å². The minimum absolute atomic E-state index is 0.00553. The maximum atomic E-state index is 13.4. The van der Waals surface area contributed by atoms with E-state index in [2.05, 4.69) is 18.0 Å². The van der Waals surface area contributed by atoms with Gasteiger partial charge in [0.25, 0.3) is 0 Å². The van der Waals surface area contributed by atoms with Crippen molar-refractivity contribution in [2.45, 2.75) is 29.4 Å². The zero-order chi connectivity index (χ0) is 35.2. The molecule has 1 atom stereocenters. The molecule has 11 nitrogen and oxygen atoms in total. The van der Waals surface area contributed by atoms with Crippen LogP contribution in [0.3, 0.4) is 0 Å². The molecule has 48 heavy (non-hydrogen) atoms. The molecule has 0 fully saturated rings. The fraction of sp³-hybridized carbons (Fsp3) is 0.343. The van der Waals surface area contributed by atoms with E-state index in [9.17, 15) is 14.4 Å². The Hall–Kier alpha value is -4.39. The Morgan fingerprint density at radius 2 is 1.58 bits per heavy atom. The molecule has 3 aromatic carbocycles. The van der Waals surface area contributed by atoms with E-state index in [0.717, 1.165) is 60.0 Å². The SMILES string of the molecule is COc1ccc(OCCCCN(C)CCc2ccc(OC)c(OC)c2)c(C2Sc3cc(Cl)ccc3N(C)C2=O)c1.O=C(O)C=CC(=O)O. The Kier molecular flexibility index (Phi) is 14.9. The van der Waals surface area contributed by atoms with E-state index in [0.29, 0.717) is 35.3 Å². The van der Waals surface area contributed by atoms with Crippen LogP contribution < -0.4 is 23.8 Å². The molecule has 1 heterocycles. The van der Waals surface area contributed by atoms with Gasteiger partial charge < -0.3 is 39.0 Å². The molecule has 258 valence electrons. The van der Waals surface area contributed by atoms with Crippen LogP contribution in [0.25, 0.3) is 0 Å². The number of amides is 1. The molecule has 1 aliphatic heterocycles. The van der Waals surface area contributed by atoms with Gasteiger partial charge in [-0.1, -0.05) is 17.7 Å². The van der Waals surface area contributed by atoms with Crippen LogP contribution >= 0.6 is 23.4 Å². The number of hydrogen-bond acceptors (Lipinski definition) is 9. The van der Waals surface area contributed by atoms with Gasteiger partial charge in [-0.05, 0) is 86.9 Å². The van der Waals surface area contributed by atoms with E-state index in [1.54, 1.807) is 39.3 Å². The lowest BCUT2D eigenvalue weighted by Crippen LogP contribution is -2.33. The Bertz CT molecular complexity index is 1580. The van der Waals surface area contributed by atoms with Crippen molar-refractivity contribution in [3.05, 3.63) is 82.9 Å². The first-order valence-corrected chi connectivity index (χ1v) is 16.3. The third-order valence-corrected chi connectivity index (χ3v) is 8.88. The summed E-state index contributed by atoms with van der Waals surface area (Å²) in [6, 6.07) is 17.3. The average molecular weight is 701 g/mol. The van der Waals surface area contributed by atoms with E-state index < -0.39 is 17.2 Å². The van der Waals surface area contributed by atoms with E-state index in [-0.39, 0.29) is 5.91 Å². The molecule has 1 unspecified atom stereocenters. The average Bonchev–Trinajstić information content (AvgIpc) is 3.07. The van der Waals surface area contributed by atoms with Crippen molar-refractivity contribution in [1.82, 2.24) is 4.90 Å². The van der Waals surface area contributed by atoms with Crippen LogP contribution in [0, 0.1) is 0 Å². The zero-order valence-corrected chi connectivity index (χ0v) is 29.2. The van der Waals surface area contributed by atoms with E-state index in [4.69, 9.17) is 40.8 Å². The summed E-state index contributed by atoms with van der Waals surface area (Å²) in [4.78, 5) is 37.4. The van der Waals surface area contributed by atoms with Crippen molar-refractivity contribution in [2.75, 3.05) is 60.0 Å². The number of methoxy groups -OCH3 is 3. The summed E-state index contributed by atoms with van der Waals surface area (Å²) >= 11 is 7.75. The molecule has 1 amide bonds. The first-order valence-electron chi connectivity index (χ1n) is 15.0. The minimum atomic E-state index is -1.26. The van der Waals surface area contributed by atoms with Crippen molar-refractivity contribution in [1.29, 1.82) is 0 Å². The normalized spacial score (nSPS) is 13.9. The highest BCUT2D eigenvalue weighted by Gasteiger charge is 2.35. The van der Waals surface area contributed by atoms with Crippen LogP contribution in [0.2, 0.25) is 5.02 Å². The summed E-state index contributed by atoms with van der Waals surface area (Å²) in [5, 5.41) is 15.8. The number of ether oxygens (including phenoxy) is 4. The molecule has 13 heteroatoms. The summed E-state index contributed by atoms with van der Waals surface area (Å²) in [6.07, 6.45) is 3.94. The van der Waals surface area contributed by atoms with Gasteiger partial charge >= 0.3 is 11.9 Å². The molecular weight excluding hydrogens is 660 g/mol. The van der Waals surface area contributed by atoms with Gasteiger partial charge in [0.1, 0.15) is 16.7 Å². The van der Waals surface area contributed by atoms with Gasteiger partial charge in [0.05, 0.1) is 33.6 Å². The van der Waals surface area contributed by atoms with Gasteiger partial charge in [0, 0.05) is 41.2 Å². The van der Waals surface area contributed by atoms with Gasteiger partial charge in [0.2, 0.25) is 5.91 Å². The molecule has 0 bridgehead atoms. The predicted octanol–water partition coefficient (Wildman–Crippen LogP) is 6.22. The third-order valence-electron chi connectivity index (χ3n) is 7.37. The van der Waals surface area contributed by atoms with E-state index in [1.165, 1.54) is 17.3 Å². The Morgan fingerprint density at radius 3 is 2.23 bits per heavy atom. The molecule has 0 saturated carbocycles. The number of fused-ring (bicyclic) bond motifs is 1. The van der Waals surface area contributed by atoms with Crippen LogP contribution in [-0.2, 0) is 20.8 Å². The summed E-state index contributed by atoms with van der Waals surface area (Å²) in [6.45, 7) is 2.47. The lowest BCUT2D eigenvalue weighted by Gasteiger charge is -2.32. The van der Waals surface area contributed by atoms with Crippen LogP contribution in [0.5, 0.6) is 23.0 Å². The Morgan fingerprint density at radius 1 is 0.896 bits per heavy atom. The second-order valence-electron chi connectivity index (χ2n) is 10.7. The van der Waals surface area contributed by atoms with E-state index in [1.807, 2.05) is 42.5 Å². The number of aliphatic carboxylic acids is 2. The third kappa shape index (κ3) is 11.1.